The van der Waals surface area contributed by atoms with Crippen LogP contribution in [0.15, 0.2) is 59.8 Å². The molecule has 9 nitrogen and oxygen atoms in total. The fourth-order valence-corrected chi connectivity index (χ4v) is 4.86. The molecule has 182 valence electrons. The number of aromatic nitrogens is 7. The van der Waals surface area contributed by atoms with E-state index >= 15 is 0 Å². The summed E-state index contributed by atoms with van der Waals surface area (Å²) < 4.78 is 33.0. The topological polar surface area (TPSA) is 86.8 Å². The summed E-state index contributed by atoms with van der Waals surface area (Å²) in [6.07, 6.45) is 2.43. The van der Waals surface area contributed by atoms with Crippen LogP contribution >= 0.6 is 11.8 Å². The Morgan fingerprint density at radius 2 is 1.66 bits per heavy atom. The molecular formula is C23H24F2N8OS. The van der Waals surface area contributed by atoms with E-state index in [0.717, 1.165) is 30.6 Å². The lowest BCUT2D eigenvalue weighted by Crippen LogP contribution is -2.21. The highest BCUT2D eigenvalue weighted by Gasteiger charge is 2.20. The third-order valence-corrected chi connectivity index (χ3v) is 6.67. The molecule has 2 aromatic carbocycles. The summed E-state index contributed by atoms with van der Waals surface area (Å²) >= 11 is 1.51. The first-order chi connectivity index (χ1) is 17.2. The zero-order valence-corrected chi connectivity index (χ0v) is 19.7. The van der Waals surface area contributed by atoms with Crippen molar-refractivity contribution in [2.45, 2.75) is 43.5 Å². The summed E-state index contributed by atoms with van der Waals surface area (Å²) in [6.45, 7) is 0.735. The van der Waals surface area contributed by atoms with Gasteiger partial charge in [-0.2, -0.15) is 13.5 Å². The maximum absolute atomic E-state index is 12.4. The van der Waals surface area contributed by atoms with Crippen molar-refractivity contribution in [1.82, 2.24) is 39.9 Å². The Hall–Kier alpha value is -3.38. The van der Waals surface area contributed by atoms with E-state index in [9.17, 15) is 8.78 Å². The molecule has 3 heterocycles. The van der Waals surface area contributed by atoms with Crippen molar-refractivity contribution in [3.8, 4) is 11.4 Å². The van der Waals surface area contributed by atoms with Crippen LogP contribution in [-0.4, -0.2) is 59.6 Å². The maximum Gasteiger partial charge on any atom is 0.387 e. The second kappa shape index (κ2) is 10.9. The molecule has 0 atom stereocenters. The molecular weight excluding hydrogens is 474 g/mol. The van der Waals surface area contributed by atoms with Gasteiger partial charge in [0.15, 0.2) is 11.0 Å². The third kappa shape index (κ3) is 5.82. The summed E-state index contributed by atoms with van der Waals surface area (Å²) in [5.74, 6) is 2.08. The van der Waals surface area contributed by atoms with Gasteiger partial charge in [0, 0.05) is 0 Å². The van der Waals surface area contributed by atoms with Crippen LogP contribution in [0.1, 0.15) is 30.1 Å². The first-order valence-electron chi connectivity index (χ1n) is 11.3. The Morgan fingerprint density at radius 1 is 0.886 bits per heavy atom. The van der Waals surface area contributed by atoms with E-state index < -0.39 is 6.61 Å². The first kappa shape index (κ1) is 23.4. The lowest BCUT2D eigenvalue weighted by Gasteiger charge is -2.16. The predicted octanol–water partition coefficient (Wildman–Crippen LogP) is 3.79. The Bertz CT molecular complexity index is 1230. The minimum atomic E-state index is -2.87. The smallest absolute Gasteiger partial charge is 0.387 e. The largest absolute Gasteiger partial charge is 0.435 e. The predicted molar refractivity (Wildman–Crippen MR) is 125 cm³/mol. The summed E-state index contributed by atoms with van der Waals surface area (Å²) in [7, 11) is 0. The lowest BCUT2D eigenvalue weighted by molar-refractivity contribution is -0.0498. The number of benzene rings is 2. The van der Waals surface area contributed by atoms with E-state index in [1.54, 1.807) is 16.8 Å². The molecule has 0 bridgehead atoms. The molecule has 0 amide bonds. The fraction of sp³-hybridized carbons (Fsp3) is 0.348. The number of halogens is 2. The lowest BCUT2D eigenvalue weighted by atomic mass is 10.2. The molecule has 12 heteroatoms. The number of rotatable bonds is 10. The van der Waals surface area contributed by atoms with Gasteiger partial charge in [0.25, 0.3) is 0 Å². The van der Waals surface area contributed by atoms with Gasteiger partial charge in [-0.1, -0.05) is 42.1 Å². The standard InChI is InChI=1S/C23H24F2N8OS/c24-22(25)34-19-10-8-18(9-11-19)33-21(27-29-30-33)16-35-23-28-26-20(15-31-12-4-5-13-31)32(23)14-17-6-2-1-3-7-17/h1-3,6-11,22H,4-5,12-16H2. The number of nitrogens with zero attached hydrogens (tertiary/aromatic N) is 8. The maximum atomic E-state index is 12.4. The number of tetrazole rings is 1. The molecule has 1 fully saturated rings. The van der Waals surface area contributed by atoms with Gasteiger partial charge in [0.1, 0.15) is 11.6 Å². The Kier molecular flexibility index (Phi) is 7.28. The highest BCUT2D eigenvalue weighted by molar-refractivity contribution is 7.98. The first-order valence-corrected chi connectivity index (χ1v) is 12.3. The molecule has 0 N–H and O–H groups in total. The van der Waals surface area contributed by atoms with Crippen molar-refractivity contribution < 1.29 is 13.5 Å². The van der Waals surface area contributed by atoms with Gasteiger partial charge in [-0.15, -0.1) is 15.3 Å². The van der Waals surface area contributed by atoms with Crippen LogP contribution in [0.5, 0.6) is 5.75 Å². The summed E-state index contributed by atoms with van der Waals surface area (Å²) in [5, 5.41) is 21.8. The Balaban J connectivity index is 1.33. The van der Waals surface area contributed by atoms with Gasteiger partial charge < -0.3 is 9.30 Å². The van der Waals surface area contributed by atoms with E-state index in [4.69, 9.17) is 0 Å². The average molecular weight is 499 g/mol. The number of ether oxygens (including phenoxy) is 1. The molecule has 35 heavy (non-hydrogen) atoms. The van der Waals surface area contributed by atoms with Gasteiger partial charge in [0.05, 0.1) is 24.5 Å². The van der Waals surface area contributed by atoms with Crippen molar-refractivity contribution >= 4 is 11.8 Å². The van der Waals surface area contributed by atoms with Gasteiger partial charge >= 0.3 is 6.61 Å². The molecule has 0 aliphatic carbocycles. The van der Waals surface area contributed by atoms with E-state index in [-0.39, 0.29) is 5.75 Å². The molecule has 0 saturated carbocycles. The minimum absolute atomic E-state index is 0.0762. The highest BCUT2D eigenvalue weighted by Crippen LogP contribution is 2.25. The van der Waals surface area contributed by atoms with Gasteiger partial charge in [-0.05, 0) is 66.2 Å². The van der Waals surface area contributed by atoms with Crippen molar-refractivity contribution in [3.63, 3.8) is 0 Å². The van der Waals surface area contributed by atoms with Crippen LogP contribution in [0, 0.1) is 0 Å². The van der Waals surface area contributed by atoms with E-state index in [0.29, 0.717) is 23.8 Å². The molecule has 0 unspecified atom stereocenters. The number of thioether (sulfide) groups is 1. The SMILES string of the molecule is FC(F)Oc1ccc(-n2nnnc2CSc2nnc(CN3CCCC3)n2Cc2ccccc2)cc1. The van der Waals surface area contributed by atoms with Crippen LogP contribution in [0.25, 0.3) is 5.69 Å². The van der Waals surface area contributed by atoms with Crippen LogP contribution in [0.3, 0.4) is 0 Å². The van der Waals surface area contributed by atoms with Crippen molar-refractivity contribution in [3.05, 3.63) is 71.8 Å². The summed E-state index contributed by atoms with van der Waals surface area (Å²) in [5.41, 5.74) is 1.82. The van der Waals surface area contributed by atoms with Crippen molar-refractivity contribution in [1.29, 1.82) is 0 Å². The molecule has 1 aliphatic heterocycles. The molecule has 5 rings (SSSR count). The molecule has 4 aromatic rings. The Labute approximate surface area is 205 Å². The summed E-state index contributed by atoms with van der Waals surface area (Å²) in [6, 6.07) is 16.4. The van der Waals surface area contributed by atoms with Gasteiger partial charge in [-0.25, -0.2) is 0 Å². The van der Waals surface area contributed by atoms with Gasteiger partial charge in [0.2, 0.25) is 0 Å². The highest BCUT2D eigenvalue weighted by atomic mass is 32.2. The molecule has 0 spiro atoms. The van der Waals surface area contributed by atoms with E-state index in [2.05, 4.69) is 52.1 Å². The van der Waals surface area contributed by atoms with E-state index in [1.807, 2.05) is 18.2 Å². The quantitative estimate of drug-likeness (QED) is 0.305. The van der Waals surface area contributed by atoms with E-state index in [1.165, 1.54) is 42.3 Å². The zero-order valence-electron chi connectivity index (χ0n) is 18.9. The van der Waals surface area contributed by atoms with Crippen molar-refractivity contribution in [2.75, 3.05) is 13.1 Å². The van der Waals surface area contributed by atoms with Crippen LogP contribution < -0.4 is 4.74 Å². The monoisotopic (exact) mass is 498 g/mol. The average Bonchev–Trinajstić information content (AvgIpc) is 3.62. The number of hydrogen-bond donors (Lipinski definition) is 0. The van der Waals surface area contributed by atoms with Crippen molar-refractivity contribution in [2.24, 2.45) is 0 Å². The zero-order chi connectivity index (χ0) is 24.0. The van der Waals surface area contributed by atoms with Crippen LogP contribution in [0.2, 0.25) is 0 Å². The van der Waals surface area contributed by atoms with Crippen LogP contribution in [0.4, 0.5) is 8.78 Å². The molecule has 2 aromatic heterocycles. The summed E-state index contributed by atoms with van der Waals surface area (Å²) in [4.78, 5) is 2.40. The van der Waals surface area contributed by atoms with Crippen LogP contribution in [-0.2, 0) is 18.8 Å². The number of hydrogen-bond acceptors (Lipinski definition) is 8. The molecule has 1 aliphatic rings. The number of alkyl halides is 2. The molecule has 0 radical (unpaired) electrons. The fourth-order valence-electron chi connectivity index (χ4n) is 4.00. The third-order valence-electron chi connectivity index (χ3n) is 5.71. The minimum Gasteiger partial charge on any atom is -0.435 e. The Morgan fingerprint density at radius 3 is 2.40 bits per heavy atom. The molecule has 1 saturated heterocycles. The number of likely N-dealkylation sites (tertiary alicyclic amines) is 1. The normalized spacial score (nSPS) is 14.1. The second-order valence-corrected chi connectivity index (χ2v) is 9.06. The van der Waals surface area contributed by atoms with Gasteiger partial charge in [-0.3, -0.25) is 4.90 Å². The second-order valence-electron chi connectivity index (χ2n) is 8.12.